The molecular weight excluding hydrogens is 340 g/mol. The molecule has 1 saturated heterocycles. The maximum atomic E-state index is 12.7. The Morgan fingerprint density at radius 1 is 1.08 bits per heavy atom. The van der Waals surface area contributed by atoms with Gasteiger partial charge in [0.05, 0.1) is 17.4 Å². The van der Waals surface area contributed by atoms with Crippen molar-refractivity contribution in [2.24, 2.45) is 5.92 Å². The number of carbonyl (C=O) groups is 2. The summed E-state index contributed by atoms with van der Waals surface area (Å²) in [4.78, 5) is 28.4. The molecule has 7 heteroatoms. The molecule has 2 aliphatic rings. The molecule has 0 radical (unpaired) electrons. The second kappa shape index (κ2) is 6.52. The zero-order chi connectivity index (χ0) is 17.4. The molecule has 0 spiro atoms. The minimum atomic E-state index is -0.0493. The van der Waals surface area contributed by atoms with Gasteiger partial charge in [-0.25, -0.2) is 4.68 Å². The minimum absolute atomic E-state index is 0.0493. The molecule has 4 rings (SSSR count). The molecule has 2 fully saturated rings. The highest BCUT2D eigenvalue weighted by Crippen LogP contribution is 2.31. The van der Waals surface area contributed by atoms with Crippen LogP contribution in [0.25, 0.3) is 5.69 Å². The number of hydrogen-bond acceptors (Lipinski definition) is 3. The highest BCUT2D eigenvalue weighted by molar-refractivity contribution is 6.30. The third-order valence-electron chi connectivity index (χ3n) is 4.71. The summed E-state index contributed by atoms with van der Waals surface area (Å²) in [6.45, 7) is 2.37. The van der Waals surface area contributed by atoms with E-state index in [1.54, 1.807) is 34.1 Å². The molecule has 0 N–H and O–H groups in total. The monoisotopic (exact) mass is 358 g/mol. The molecule has 0 bridgehead atoms. The summed E-state index contributed by atoms with van der Waals surface area (Å²) in [6.07, 6.45) is 5.32. The predicted octanol–water partition coefficient (Wildman–Crippen LogP) is 2.22. The second-order valence-corrected chi connectivity index (χ2v) is 6.98. The molecule has 1 aromatic carbocycles. The standard InChI is InChI=1S/C18H19ClN4O2/c19-15-2-1-3-16(10-15)23-12-14(11-20-23)18(25)22-8-6-21(7-9-22)17(24)13-4-5-13/h1-3,10-13H,4-9H2. The largest absolute Gasteiger partial charge is 0.339 e. The van der Waals surface area contributed by atoms with E-state index >= 15 is 0 Å². The number of piperazine rings is 1. The van der Waals surface area contributed by atoms with Gasteiger partial charge in [-0.1, -0.05) is 17.7 Å². The molecule has 130 valence electrons. The Labute approximate surface area is 151 Å². The van der Waals surface area contributed by atoms with Crippen LogP contribution < -0.4 is 0 Å². The lowest BCUT2D eigenvalue weighted by Gasteiger charge is -2.34. The Bertz CT molecular complexity index is 807. The van der Waals surface area contributed by atoms with E-state index in [1.807, 2.05) is 17.0 Å². The summed E-state index contributed by atoms with van der Waals surface area (Å²) in [5, 5.41) is 4.89. The molecule has 1 aliphatic carbocycles. The van der Waals surface area contributed by atoms with E-state index in [0.717, 1.165) is 18.5 Å². The van der Waals surface area contributed by atoms with E-state index in [4.69, 9.17) is 11.6 Å². The van der Waals surface area contributed by atoms with Crippen molar-refractivity contribution in [2.75, 3.05) is 26.2 Å². The summed E-state index contributed by atoms with van der Waals surface area (Å²) in [5.41, 5.74) is 1.35. The molecule has 6 nitrogen and oxygen atoms in total. The smallest absolute Gasteiger partial charge is 0.257 e. The topological polar surface area (TPSA) is 58.4 Å². The molecule has 2 aromatic rings. The van der Waals surface area contributed by atoms with Crippen molar-refractivity contribution >= 4 is 23.4 Å². The van der Waals surface area contributed by atoms with Crippen molar-refractivity contribution < 1.29 is 9.59 Å². The molecule has 25 heavy (non-hydrogen) atoms. The first-order valence-electron chi connectivity index (χ1n) is 8.50. The van der Waals surface area contributed by atoms with Crippen molar-refractivity contribution in [1.29, 1.82) is 0 Å². The average Bonchev–Trinajstić information content (AvgIpc) is 3.37. The van der Waals surface area contributed by atoms with E-state index in [0.29, 0.717) is 36.8 Å². The Hall–Kier alpha value is -2.34. The van der Waals surface area contributed by atoms with E-state index in [2.05, 4.69) is 5.10 Å². The Morgan fingerprint density at radius 2 is 1.80 bits per heavy atom. The molecule has 0 unspecified atom stereocenters. The minimum Gasteiger partial charge on any atom is -0.339 e. The van der Waals surface area contributed by atoms with Crippen LogP contribution in [-0.4, -0.2) is 57.6 Å². The third kappa shape index (κ3) is 3.39. The molecule has 2 heterocycles. The van der Waals surface area contributed by atoms with Crippen LogP contribution >= 0.6 is 11.6 Å². The lowest BCUT2D eigenvalue weighted by molar-refractivity contribution is -0.134. The van der Waals surface area contributed by atoms with Crippen LogP contribution in [0.3, 0.4) is 0 Å². The lowest BCUT2D eigenvalue weighted by Crippen LogP contribution is -2.51. The van der Waals surface area contributed by atoms with Crippen molar-refractivity contribution in [2.45, 2.75) is 12.8 Å². The van der Waals surface area contributed by atoms with Gasteiger partial charge in [-0.05, 0) is 31.0 Å². The quantitative estimate of drug-likeness (QED) is 0.845. The van der Waals surface area contributed by atoms with Gasteiger partial charge in [0.15, 0.2) is 0 Å². The third-order valence-corrected chi connectivity index (χ3v) is 4.94. The van der Waals surface area contributed by atoms with E-state index < -0.39 is 0 Å². The fraction of sp³-hybridized carbons (Fsp3) is 0.389. The molecule has 0 atom stereocenters. The zero-order valence-electron chi connectivity index (χ0n) is 13.8. The fourth-order valence-corrected chi connectivity index (χ4v) is 3.28. The maximum Gasteiger partial charge on any atom is 0.257 e. The van der Waals surface area contributed by atoms with Crippen LogP contribution in [-0.2, 0) is 4.79 Å². The molecule has 1 saturated carbocycles. The number of carbonyl (C=O) groups excluding carboxylic acids is 2. The van der Waals surface area contributed by atoms with Gasteiger partial charge in [0, 0.05) is 43.3 Å². The predicted molar refractivity (Wildman–Crippen MR) is 93.8 cm³/mol. The van der Waals surface area contributed by atoms with Crippen molar-refractivity contribution in [3.05, 3.63) is 47.2 Å². The molecule has 1 aromatic heterocycles. The number of rotatable bonds is 3. The number of halogens is 1. The highest BCUT2D eigenvalue weighted by Gasteiger charge is 2.35. The maximum absolute atomic E-state index is 12.7. The summed E-state index contributed by atoms with van der Waals surface area (Å²) >= 11 is 6.00. The summed E-state index contributed by atoms with van der Waals surface area (Å²) in [5.74, 6) is 0.436. The number of aromatic nitrogens is 2. The van der Waals surface area contributed by atoms with Gasteiger partial charge < -0.3 is 9.80 Å². The molecule has 1 aliphatic heterocycles. The zero-order valence-corrected chi connectivity index (χ0v) is 14.5. The number of benzene rings is 1. The van der Waals surface area contributed by atoms with Gasteiger partial charge in [-0.3, -0.25) is 9.59 Å². The second-order valence-electron chi connectivity index (χ2n) is 6.55. The van der Waals surface area contributed by atoms with Crippen molar-refractivity contribution in [3.8, 4) is 5.69 Å². The Morgan fingerprint density at radius 3 is 2.48 bits per heavy atom. The van der Waals surface area contributed by atoms with Crippen LogP contribution in [0, 0.1) is 5.92 Å². The summed E-state index contributed by atoms with van der Waals surface area (Å²) in [7, 11) is 0. The van der Waals surface area contributed by atoms with Crippen molar-refractivity contribution in [3.63, 3.8) is 0 Å². The average molecular weight is 359 g/mol. The van der Waals surface area contributed by atoms with E-state index in [1.165, 1.54) is 0 Å². The lowest BCUT2D eigenvalue weighted by atomic mass is 10.2. The van der Waals surface area contributed by atoms with Gasteiger partial charge >= 0.3 is 0 Å². The molecular formula is C18H19ClN4O2. The van der Waals surface area contributed by atoms with Gasteiger partial charge in [0.25, 0.3) is 5.91 Å². The highest BCUT2D eigenvalue weighted by atomic mass is 35.5. The SMILES string of the molecule is O=C(c1cnn(-c2cccc(Cl)c2)c1)N1CCN(C(=O)C2CC2)CC1. The van der Waals surface area contributed by atoms with Gasteiger partial charge in [-0.15, -0.1) is 0 Å². The first kappa shape index (κ1) is 16.1. The van der Waals surface area contributed by atoms with E-state index in [-0.39, 0.29) is 17.7 Å². The molecule has 2 amide bonds. The summed E-state index contributed by atoms with van der Waals surface area (Å²) < 4.78 is 1.64. The number of hydrogen-bond donors (Lipinski definition) is 0. The number of nitrogens with zero attached hydrogens (tertiary/aromatic N) is 4. The van der Waals surface area contributed by atoms with Crippen LogP contribution in [0.5, 0.6) is 0 Å². The van der Waals surface area contributed by atoms with Crippen LogP contribution in [0.4, 0.5) is 0 Å². The fourth-order valence-electron chi connectivity index (χ4n) is 3.09. The first-order valence-corrected chi connectivity index (χ1v) is 8.88. The normalized spacial score (nSPS) is 17.6. The number of amides is 2. The van der Waals surface area contributed by atoms with E-state index in [9.17, 15) is 9.59 Å². The first-order chi connectivity index (χ1) is 12.1. The Kier molecular flexibility index (Phi) is 4.21. The van der Waals surface area contributed by atoms with Crippen LogP contribution in [0.1, 0.15) is 23.2 Å². The van der Waals surface area contributed by atoms with Gasteiger partial charge in [0.1, 0.15) is 0 Å². The van der Waals surface area contributed by atoms with Crippen molar-refractivity contribution in [1.82, 2.24) is 19.6 Å². The Balaban J connectivity index is 1.41. The van der Waals surface area contributed by atoms with Gasteiger partial charge in [0.2, 0.25) is 5.91 Å². The summed E-state index contributed by atoms with van der Waals surface area (Å²) in [6, 6.07) is 7.32. The van der Waals surface area contributed by atoms with Gasteiger partial charge in [-0.2, -0.15) is 5.10 Å². The van der Waals surface area contributed by atoms with Crippen LogP contribution in [0.15, 0.2) is 36.7 Å². The van der Waals surface area contributed by atoms with Crippen LogP contribution in [0.2, 0.25) is 5.02 Å².